The van der Waals surface area contributed by atoms with Crippen molar-refractivity contribution in [2.45, 2.75) is 18.9 Å². The Morgan fingerprint density at radius 3 is 2.53 bits per heavy atom. The number of nitrogens with two attached hydrogens (primary N) is 1. The Morgan fingerprint density at radius 2 is 1.77 bits per heavy atom. The molecule has 2 N–H and O–H groups in total. The molecule has 1 fully saturated rings. The Hall–Kier alpha value is -3.25. The second kappa shape index (κ2) is 7.88. The molecule has 0 amide bonds. The summed E-state index contributed by atoms with van der Waals surface area (Å²) in [5, 5.41) is 0. The minimum Gasteiger partial charge on any atom is -0.457 e. The van der Waals surface area contributed by atoms with Gasteiger partial charge in [-0.1, -0.05) is 18.2 Å². The summed E-state index contributed by atoms with van der Waals surface area (Å²) in [6, 6.07) is 17.8. The van der Waals surface area contributed by atoms with Crippen LogP contribution in [0.1, 0.15) is 35.7 Å². The first kappa shape index (κ1) is 18.8. The normalized spacial score (nSPS) is 21.2. The standard InChI is InChI=1S/C24H25N5O/c1-29-13-5-6-17(14-29)22-23-20(24(25)27-15-26-23)21(28-22)16-9-11-19(12-10-16)30-18-7-3-2-4-8-18/h2-4,7-12,15,17,22H,5-6,13-14H2,1H3,(H2,25,26,27)/t17-,22?/m1/s1. The van der Waals surface area contributed by atoms with Gasteiger partial charge in [0.2, 0.25) is 0 Å². The number of hydrogen-bond donors (Lipinski definition) is 1. The van der Waals surface area contributed by atoms with Crippen LogP contribution in [0.3, 0.4) is 0 Å². The van der Waals surface area contributed by atoms with Gasteiger partial charge in [0, 0.05) is 12.1 Å². The summed E-state index contributed by atoms with van der Waals surface area (Å²) in [4.78, 5) is 16.3. The maximum absolute atomic E-state index is 6.28. The highest BCUT2D eigenvalue weighted by Crippen LogP contribution is 2.40. The molecule has 6 heteroatoms. The number of aliphatic imine (C=N–C) groups is 1. The van der Waals surface area contributed by atoms with Gasteiger partial charge in [-0.05, 0) is 68.8 Å². The van der Waals surface area contributed by atoms with Crippen molar-refractivity contribution in [3.05, 3.63) is 77.7 Å². The summed E-state index contributed by atoms with van der Waals surface area (Å²) in [7, 11) is 2.17. The van der Waals surface area contributed by atoms with Gasteiger partial charge in [0.25, 0.3) is 0 Å². The zero-order valence-corrected chi connectivity index (χ0v) is 17.0. The molecule has 2 aliphatic rings. The van der Waals surface area contributed by atoms with Crippen LogP contribution in [-0.2, 0) is 0 Å². The molecule has 1 saturated heterocycles. The number of fused-ring (bicyclic) bond motifs is 1. The van der Waals surface area contributed by atoms with E-state index in [1.807, 2.05) is 54.6 Å². The lowest BCUT2D eigenvalue weighted by Gasteiger charge is -2.32. The zero-order valence-electron chi connectivity index (χ0n) is 17.0. The van der Waals surface area contributed by atoms with Gasteiger partial charge < -0.3 is 15.4 Å². The van der Waals surface area contributed by atoms with Crippen molar-refractivity contribution in [3.63, 3.8) is 0 Å². The molecule has 5 rings (SSSR count). The lowest BCUT2D eigenvalue weighted by molar-refractivity contribution is 0.188. The molecule has 0 aliphatic carbocycles. The van der Waals surface area contributed by atoms with Gasteiger partial charge >= 0.3 is 0 Å². The molecule has 0 radical (unpaired) electrons. The first-order chi connectivity index (χ1) is 14.7. The first-order valence-corrected chi connectivity index (χ1v) is 10.4. The van der Waals surface area contributed by atoms with Crippen molar-refractivity contribution < 1.29 is 4.74 Å². The summed E-state index contributed by atoms with van der Waals surface area (Å²) in [5.74, 6) is 2.53. The number of anilines is 1. The number of nitrogens with zero attached hydrogens (tertiary/aromatic N) is 4. The van der Waals surface area contributed by atoms with E-state index in [1.165, 1.54) is 6.42 Å². The zero-order chi connectivity index (χ0) is 20.5. The lowest BCUT2D eigenvalue weighted by atomic mass is 9.89. The topological polar surface area (TPSA) is 76.6 Å². The predicted molar refractivity (Wildman–Crippen MR) is 118 cm³/mol. The minimum atomic E-state index is 0.0308. The number of para-hydroxylation sites is 1. The number of rotatable bonds is 4. The maximum atomic E-state index is 6.28. The molecule has 1 aromatic heterocycles. The molecule has 3 aromatic rings. The van der Waals surface area contributed by atoms with E-state index in [1.54, 1.807) is 6.33 Å². The van der Waals surface area contributed by atoms with Gasteiger partial charge in [-0.2, -0.15) is 0 Å². The fraction of sp³-hybridized carbons (Fsp3) is 0.292. The highest BCUT2D eigenvalue weighted by Gasteiger charge is 2.36. The second-order valence-electron chi connectivity index (χ2n) is 8.05. The fourth-order valence-electron chi connectivity index (χ4n) is 4.46. The van der Waals surface area contributed by atoms with E-state index < -0.39 is 0 Å². The van der Waals surface area contributed by atoms with Crippen molar-refractivity contribution in [2.24, 2.45) is 10.9 Å². The Bertz CT molecular complexity index is 1060. The van der Waals surface area contributed by atoms with E-state index in [-0.39, 0.29) is 6.04 Å². The van der Waals surface area contributed by atoms with Crippen LogP contribution >= 0.6 is 0 Å². The first-order valence-electron chi connectivity index (χ1n) is 10.4. The molecule has 3 heterocycles. The smallest absolute Gasteiger partial charge is 0.136 e. The molecule has 0 spiro atoms. The molecule has 2 aromatic carbocycles. The van der Waals surface area contributed by atoms with E-state index in [4.69, 9.17) is 15.5 Å². The van der Waals surface area contributed by atoms with Crippen molar-refractivity contribution in [1.82, 2.24) is 14.9 Å². The van der Waals surface area contributed by atoms with Crippen molar-refractivity contribution in [2.75, 3.05) is 25.9 Å². The third-order valence-corrected chi connectivity index (χ3v) is 5.91. The lowest BCUT2D eigenvalue weighted by Crippen LogP contribution is -2.34. The largest absolute Gasteiger partial charge is 0.457 e. The number of hydrogen-bond acceptors (Lipinski definition) is 6. The van der Waals surface area contributed by atoms with Crippen LogP contribution in [0.4, 0.5) is 5.82 Å². The van der Waals surface area contributed by atoms with E-state index >= 15 is 0 Å². The number of piperidine rings is 1. The molecule has 152 valence electrons. The Kier molecular flexibility index (Phi) is 4.93. The van der Waals surface area contributed by atoms with E-state index in [9.17, 15) is 0 Å². The molecule has 30 heavy (non-hydrogen) atoms. The van der Waals surface area contributed by atoms with Crippen LogP contribution in [0.2, 0.25) is 0 Å². The summed E-state index contributed by atoms with van der Waals surface area (Å²) < 4.78 is 5.92. The molecule has 1 unspecified atom stereocenters. The number of ether oxygens (including phenoxy) is 1. The van der Waals surface area contributed by atoms with Crippen LogP contribution in [0.25, 0.3) is 0 Å². The average Bonchev–Trinajstić information content (AvgIpc) is 3.16. The van der Waals surface area contributed by atoms with Crippen molar-refractivity contribution in [3.8, 4) is 11.5 Å². The van der Waals surface area contributed by atoms with Crippen LogP contribution in [0.15, 0.2) is 65.9 Å². The van der Waals surface area contributed by atoms with Gasteiger partial charge in [0.05, 0.1) is 23.0 Å². The third-order valence-electron chi connectivity index (χ3n) is 5.91. The summed E-state index contributed by atoms with van der Waals surface area (Å²) in [6.45, 7) is 2.16. The molecule has 6 nitrogen and oxygen atoms in total. The SMILES string of the molecule is CN1CCC[C@@H](C2N=C(c3ccc(Oc4ccccc4)cc3)c3c(N)ncnc32)C1. The Labute approximate surface area is 176 Å². The molecule has 0 bridgehead atoms. The maximum Gasteiger partial charge on any atom is 0.136 e. The van der Waals surface area contributed by atoms with Crippen molar-refractivity contribution in [1.29, 1.82) is 0 Å². The molecular formula is C24H25N5O. The van der Waals surface area contributed by atoms with Crippen LogP contribution in [0.5, 0.6) is 11.5 Å². The van der Waals surface area contributed by atoms with Crippen molar-refractivity contribution >= 4 is 11.5 Å². The van der Waals surface area contributed by atoms with E-state index in [0.29, 0.717) is 11.7 Å². The average molecular weight is 399 g/mol. The molecular weight excluding hydrogens is 374 g/mol. The van der Waals surface area contributed by atoms with Crippen LogP contribution in [-0.4, -0.2) is 40.7 Å². The molecule has 2 atom stereocenters. The highest BCUT2D eigenvalue weighted by molar-refractivity contribution is 6.17. The van der Waals surface area contributed by atoms with Gasteiger partial charge in [-0.25, -0.2) is 9.97 Å². The second-order valence-corrected chi connectivity index (χ2v) is 8.05. The van der Waals surface area contributed by atoms with Crippen LogP contribution < -0.4 is 10.5 Å². The summed E-state index contributed by atoms with van der Waals surface area (Å²) in [5.41, 5.74) is 10.0. The number of benzene rings is 2. The number of nitrogen functional groups attached to an aromatic ring is 1. The number of aromatic nitrogens is 2. The van der Waals surface area contributed by atoms with Gasteiger partial charge in [-0.3, -0.25) is 4.99 Å². The van der Waals surface area contributed by atoms with Gasteiger partial charge in [0.15, 0.2) is 0 Å². The summed E-state index contributed by atoms with van der Waals surface area (Å²) in [6.07, 6.45) is 3.89. The summed E-state index contributed by atoms with van der Waals surface area (Å²) >= 11 is 0. The quantitative estimate of drug-likeness (QED) is 0.715. The van der Waals surface area contributed by atoms with E-state index in [0.717, 1.165) is 53.5 Å². The van der Waals surface area contributed by atoms with Gasteiger partial charge in [0.1, 0.15) is 23.6 Å². The fourth-order valence-corrected chi connectivity index (χ4v) is 4.46. The molecule has 2 aliphatic heterocycles. The van der Waals surface area contributed by atoms with Gasteiger partial charge in [-0.15, -0.1) is 0 Å². The van der Waals surface area contributed by atoms with E-state index in [2.05, 4.69) is 21.9 Å². The molecule has 0 saturated carbocycles. The number of likely N-dealkylation sites (tertiary alicyclic amines) is 1. The Balaban J connectivity index is 1.46. The monoisotopic (exact) mass is 399 g/mol. The highest BCUT2D eigenvalue weighted by atomic mass is 16.5. The Morgan fingerprint density at radius 1 is 1.00 bits per heavy atom. The minimum absolute atomic E-state index is 0.0308. The predicted octanol–water partition coefficient (Wildman–Crippen LogP) is 4.09. The third kappa shape index (κ3) is 3.55. The van der Waals surface area contributed by atoms with Crippen LogP contribution in [0, 0.1) is 5.92 Å².